The second-order valence-electron chi connectivity index (χ2n) is 3.81. The molecule has 3 N–H and O–H groups in total. The minimum atomic E-state index is -0.513. The van der Waals surface area contributed by atoms with Gasteiger partial charge in [0.15, 0.2) is 0 Å². The Bertz CT molecular complexity index is 618. The summed E-state index contributed by atoms with van der Waals surface area (Å²) in [4.78, 5) is 14.3. The van der Waals surface area contributed by atoms with Crippen molar-refractivity contribution in [3.05, 3.63) is 57.1 Å². The normalized spacial score (nSPS) is 10.2. The summed E-state index contributed by atoms with van der Waals surface area (Å²) < 4.78 is 0. The van der Waals surface area contributed by atoms with Crippen molar-refractivity contribution in [1.82, 2.24) is 4.98 Å². The van der Waals surface area contributed by atoms with E-state index in [1.165, 1.54) is 12.1 Å². The summed E-state index contributed by atoms with van der Waals surface area (Å²) in [6, 6.07) is 9.93. The standard InChI is InChI=1S/C12H11ClN4O2/c13-9-4-2-1-3-8(9)7-15-12-10(17(18)19)5-6-11(14)16-12/h1-6H,7H2,(H3,14,15,16). The van der Waals surface area contributed by atoms with Crippen molar-refractivity contribution in [3.8, 4) is 0 Å². The summed E-state index contributed by atoms with van der Waals surface area (Å²) >= 11 is 6.01. The fourth-order valence-corrected chi connectivity index (χ4v) is 1.77. The van der Waals surface area contributed by atoms with Crippen LogP contribution in [0.25, 0.3) is 0 Å². The van der Waals surface area contributed by atoms with Gasteiger partial charge < -0.3 is 11.1 Å². The number of nitrogen functional groups attached to an aromatic ring is 1. The summed E-state index contributed by atoms with van der Waals surface area (Å²) in [5.74, 6) is 0.345. The molecule has 6 nitrogen and oxygen atoms in total. The van der Waals surface area contributed by atoms with E-state index < -0.39 is 4.92 Å². The molecule has 1 heterocycles. The third-order valence-electron chi connectivity index (χ3n) is 2.50. The Morgan fingerprint density at radius 3 is 2.74 bits per heavy atom. The number of aromatic nitrogens is 1. The number of anilines is 2. The lowest BCUT2D eigenvalue weighted by atomic mass is 10.2. The molecule has 1 aromatic carbocycles. The minimum Gasteiger partial charge on any atom is -0.384 e. The van der Waals surface area contributed by atoms with E-state index >= 15 is 0 Å². The molecular formula is C12H11ClN4O2. The maximum atomic E-state index is 10.9. The van der Waals surface area contributed by atoms with Crippen LogP contribution in [0.2, 0.25) is 5.02 Å². The maximum Gasteiger partial charge on any atom is 0.311 e. The van der Waals surface area contributed by atoms with Gasteiger partial charge in [0, 0.05) is 17.6 Å². The van der Waals surface area contributed by atoms with Crippen LogP contribution in [0, 0.1) is 10.1 Å². The second kappa shape index (κ2) is 5.53. The van der Waals surface area contributed by atoms with Gasteiger partial charge in [0.25, 0.3) is 0 Å². The number of nitrogens with zero attached hydrogens (tertiary/aromatic N) is 2. The SMILES string of the molecule is Nc1ccc([N+](=O)[O-])c(NCc2ccccc2Cl)n1. The van der Waals surface area contributed by atoms with Gasteiger partial charge >= 0.3 is 5.69 Å². The van der Waals surface area contributed by atoms with Crippen LogP contribution in [0.1, 0.15) is 5.56 Å². The highest BCUT2D eigenvalue weighted by molar-refractivity contribution is 6.31. The lowest BCUT2D eigenvalue weighted by Crippen LogP contribution is -2.06. The van der Waals surface area contributed by atoms with Crippen molar-refractivity contribution in [2.24, 2.45) is 0 Å². The van der Waals surface area contributed by atoms with Crippen LogP contribution < -0.4 is 11.1 Å². The number of hydrogen-bond donors (Lipinski definition) is 2. The molecule has 98 valence electrons. The first-order valence-electron chi connectivity index (χ1n) is 5.46. The molecule has 0 radical (unpaired) electrons. The number of nitro groups is 1. The highest BCUT2D eigenvalue weighted by atomic mass is 35.5. The van der Waals surface area contributed by atoms with Gasteiger partial charge in [0.05, 0.1) is 4.92 Å². The molecule has 0 saturated carbocycles. The lowest BCUT2D eigenvalue weighted by Gasteiger charge is -2.08. The molecular weight excluding hydrogens is 268 g/mol. The molecule has 0 aliphatic rings. The summed E-state index contributed by atoms with van der Waals surface area (Å²) in [5.41, 5.74) is 6.22. The number of nitrogens with one attached hydrogen (secondary N) is 1. The van der Waals surface area contributed by atoms with Gasteiger partial charge in [-0.15, -0.1) is 0 Å². The van der Waals surface area contributed by atoms with Crippen molar-refractivity contribution >= 4 is 28.9 Å². The van der Waals surface area contributed by atoms with Gasteiger partial charge in [-0.2, -0.15) is 0 Å². The molecule has 2 rings (SSSR count). The molecule has 0 unspecified atom stereocenters. The summed E-state index contributed by atoms with van der Waals surface area (Å²) in [7, 11) is 0. The van der Waals surface area contributed by atoms with E-state index in [0.717, 1.165) is 5.56 Å². The van der Waals surface area contributed by atoms with Crippen molar-refractivity contribution in [2.45, 2.75) is 6.54 Å². The average molecular weight is 279 g/mol. The van der Waals surface area contributed by atoms with Crippen LogP contribution >= 0.6 is 11.6 Å². The van der Waals surface area contributed by atoms with Gasteiger partial charge in [-0.1, -0.05) is 29.8 Å². The van der Waals surface area contributed by atoms with Crippen LogP contribution in [-0.2, 0) is 6.54 Å². The van der Waals surface area contributed by atoms with E-state index in [1.54, 1.807) is 6.07 Å². The Morgan fingerprint density at radius 2 is 2.05 bits per heavy atom. The van der Waals surface area contributed by atoms with Gasteiger partial charge in [-0.25, -0.2) is 4.98 Å². The molecule has 19 heavy (non-hydrogen) atoms. The van der Waals surface area contributed by atoms with E-state index in [2.05, 4.69) is 10.3 Å². The largest absolute Gasteiger partial charge is 0.384 e. The van der Waals surface area contributed by atoms with Crippen molar-refractivity contribution in [1.29, 1.82) is 0 Å². The number of halogens is 1. The van der Waals surface area contributed by atoms with Crippen LogP contribution in [0.5, 0.6) is 0 Å². The number of pyridine rings is 1. The third kappa shape index (κ3) is 3.11. The number of hydrogen-bond acceptors (Lipinski definition) is 5. The van der Waals surface area contributed by atoms with Gasteiger partial charge in [0.1, 0.15) is 5.82 Å². The third-order valence-corrected chi connectivity index (χ3v) is 2.87. The first kappa shape index (κ1) is 13.1. The Morgan fingerprint density at radius 1 is 1.32 bits per heavy atom. The van der Waals surface area contributed by atoms with Crippen LogP contribution in [0.3, 0.4) is 0 Å². The zero-order valence-electron chi connectivity index (χ0n) is 9.84. The number of rotatable bonds is 4. The molecule has 7 heteroatoms. The van der Waals surface area contributed by atoms with E-state index in [-0.39, 0.29) is 17.3 Å². The number of nitrogens with two attached hydrogens (primary N) is 1. The molecule has 0 aliphatic carbocycles. The minimum absolute atomic E-state index is 0.124. The molecule has 0 aliphatic heterocycles. The van der Waals surface area contributed by atoms with Crippen LogP contribution in [-0.4, -0.2) is 9.91 Å². The predicted octanol–water partition coefficient (Wildman–Crippen LogP) is 2.84. The molecule has 0 amide bonds. The molecule has 0 fully saturated rings. The van der Waals surface area contributed by atoms with E-state index in [9.17, 15) is 10.1 Å². The Hall–Kier alpha value is -2.34. The zero-order chi connectivity index (χ0) is 13.8. The smallest absolute Gasteiger partial charge is 0.311 e. The van der Waals surface area contributed by atoms with Gasteiger partial charge in [-0.3, -0.25) is 10.1 Å². The van der Waals surface area contributed by atoms with E-state index in [0.29, 0.717) is 11.6 Å². The van der Waals surface area contributed by atoms with E-state index in [1.807, 2.05) is 18.2 Å². The number of benzene rings is 1. The fourth-order valence-electron chi connectivity index (χ4n) is 1.57. The summed E-state index contributed by atoms with van der Waals surface area (Å²) in [6.45, 7) is 0.330. The topological polar surface area (TPSA) is 94.1 Å². The van der Waals surface area contributed by atoms with E-state index in [4.69, 9.17) is 17.3 Å². The molecule has 0 bridgehead atoms. The summed E-state index contributed by atoms with van der Waals surface area (Å²) in [6.07, 6.45) is 0. The fraction of sp³-hybridized carbons (Fsp3) is 0.0833. The highest BCUT2D eigenvalue weighted by Gasteiger charge is 2.15. The predicted molar refractivity (Wildman–Crippen MR) is 74.1 cm³/mol. The van der Waals surface area contributed by atoms with Crippen LogP contribution in [0.15, 0.2) is 36.4 Å². The van der Waals surface area contributed by atoms with Gasteiger partial charge in [0.2, 0.25) is 5.82 Å². The van der Waals surface area contributed by atoms with Crippen molar-refractivity contribution < 1.29 is 4.92 Å². The molecule has 1 aromatic heterocycles. The highest BCUT2D eigenvalue weighted by Crippen LogP contribution is 2.24. The lowest BCUT2D eigenvalue weighted by molar-refractivity contribution is -0.384. The Labute approximate surface area is 114 Å². The average Bonchev–Trinajstić information content (AvgIpc) is 2.37. The first-order chi connectivity index (χ1) is 9.08. The molecule has 0 saturated heterocycles. The quantitative estimate of drug-likeness (QED) is 0.662. The zero-order valence-corrected chi connectivity index (χ0v) is 10.6. The Balaban J connectivity index is 2.22. The second-order valence-corrected chi connectivity index (χ2v) is 4.21. The van der Waals surface area contributed by atoms with Gasteiger partial charge in [-0.05, 0) is 17.7 Å². The Kier molecular flexibility index (Phi) is 3.82. The molecule has 0 spiro atoms. The molecule has 2 aromatic rings. The monoisotopic (exact) mass is 278 g/mol. The maximum absolute atomic E-state index is 10.9. The van der Waals surface area contributed by atoms with Crippen molar-refractivity contribution in [3.63, 3.8) is 0 Å². The first-order valence-corrected chi connectivity index (χ1v) is 5.84. The van der Waals surface area contributed by atoms with Crippen LogP contribution in [0.4, 0.5) is 17.3 Å². The summed E-state index contributed by atoms with van der Waals surface area (Å²) in [5, 5.41) is 14.3. The molecule has 0 atom stereocenters. The van der Waals surface area contributed by atoms with Crippen molar-refractivity contribution in [2.75, 3.05) is 11.1 Å².